The lowest BCUT2D eigenvalue weighted by molar-refractivity contribution is -0.133. The van der Waals surface area contributed by atoms with Crippen LogP contribution in [0, 0.1) is 5.41 Å². The number of carbonyl (C=O) groups is 1. The van der Waals surface area contributed by atoms with E-state index in [2.05, 4.69) is 34.5 Å². The summed E-state index contributed by atoms with van der Waals surface area (Å²) in [6.45, 7) is 4.94. The molecular formula is C22H27ClN2O2. The third-order valence-electron chi connectivity index (χ3n) is 5.45. The van der Waals surface area contributed by atoms with Crippen molar-refractivity contribution in [2.75, 3.05) is 19.6 Å². The minimum atomic E-state index is -0.755. The van der Waals surface area contributed by atoms with Gasteiger partial charge in [0.1, 0.15) is 0 Å². The summed E-state index contributed by atoms with van der Waals surface area (Å²) >= 11 is 5.96. The van der Waals surface area contributed by atoms with Crippen molar-refractivity contribution in [2.45, 2.75) is 32.4 Å². The van der Waals surface area contributed by atoms with Crippen LogP contribution >= 0.6 is 11.6 Å². The van der Waals surface area contributed by atoms with Crippen molar-refractivity contribution in [1.82, 2.24) is 10.2 Å². The van der Waals surface area contributed by atoms with E-state index in [0.717, 1.165) is 32.5 Å². The molecule has 0 spiro atoms. The molecule has 144 valence electrons. The smallest absolute Gasteiger partial charge is 0.226 e. The molecule has 5 heteroatoms. The maximum Gasteiger partial charge on any atom is 0.226 e. The molecule has 1 aliphatic heterocycles. The number of aliphatic hydroxyl groups is 1. The van der Waals surface area contributed by atoms with Gasteiger partial charge in [0.15, 0.2) is 0 Å². The van der Waals surface area contributed by atoms with Crippen molar-refractivity contribution >= 4 is 17.5 Å². The summed E-state index contributed by atoms with van der Waals surface area (Å²) in [5.41, 5.74) is 1.63. The molecule has 4 nitrogen and oxygen atoms in total. The molecule has 0 aromatic heterocycles. The third kappa shape index (κ3) is 5.32. The minimum absolute atomic E-state index is 0.0166. The normalized spacial score (nSPS) is 18.0. The van der Waals surface area contributed by atoms with Crippen LogP contribution in [0.2, 0.25) is 5.02 Å². The number of halogens is 1. The van der Waals surface area contributed by atoms with E-state index in [4.69, 9.17) is 11.6 Å². The summed E-state index contributed by atoms with van der Waals surface area (Å²) in [4.78, 5) is 15.1. The minimum Gasteiger partial charge on any atom is -0.387 e. The fourth-order valence-corrected chi connectivity index (χ4v) is 3.71. The first-order valence-corrected chi connectivity index (χ1v) is 9.82. The molecule has 0 bridgehead atoms. The second-order valence-corrected chi connectivity index (χ2v) is 8.04. The fraction of sp³-hybridized carbons (Fsp3) is 0.409. The van der Waals surface area contributed by atoms with E-state index in [1.54, 1.807) is 18.2 Å². The van der Waals surface area contributed by atoms with Crippen molar-refractivity contribution in [3.05, 3.63) is 70.7 Å². The quantitative estimate of drug-likeness (QED) is 0.794. The molecule has 0 saturated carbocycles. The number of hydrogen-bond acceptors (Lipinski definition) is 3. The molecule has 1 saturated heterocycles. The monoisotopic (exact) mass is 386 g/mol. The van der Waals surface area contributed by atoms with E-state index in [1.165, 1.54) is 5.56 Å². The Hall–Kier alpha value is -1.88. The molecule has 0 aliphatic carbocycles. The van der Waals surface area contributed by atoms with Crippen molar-refractivity contribution < 1.29 is 9.90 Å². The molecule has 2 aromatic carbocycles. The highest BCUT2D eigenvalue weighted by Crippen LogP contribution is 2.32. The Balaban J connectivity index is 1.48. The van der Waals surface area contributed by atoms with Gasteiger partial charge in [0.05, 0.1) is 6.10 Å². The Labute approximate surface area is 166 Å². The van der Waals surface area contributed by atoms with Crippen molar-refractivity contribution in [3.8, 4) is 0 Å². The second-order valence-electron chi connectivity index (χ2n) is 7.60. The van der Waals surface area contributed by atoms with Crippen molar-refractivity contribution in [3.63, 3.8) is 0 Å². The number of piperidine rings is 1. The number of benzene rings is 2. The van der Waals surface area contributed by atoms with Crippen LogP contribution < -0.4 is 5.32 Å². The number of rotatable bonds is 6. The SMILES string of the molecule is CC1(C(=O)NC[C@@H](O)c2cccc(Cl)c2)CCN(Cc2ccccc2)CC1. The van der Waals surface area contributed by atoms with Crippen molar-refractivity contribution in [2.24, 2.45) is 5.41 Å². The van der Waals surface area contributed by atoms with Crippen LogP contribution in [0.3, 0.4) is 0 Å². The van der Waals surface area contributed by atoms with Gasteiger partial charge in [0, 0.05) is 23.5 Å². The lowest BCUT2D eigenvalue weighted by Gasteiger charge is -2.38. The van der Waals surface area contributed by atoms with Gasteiger partial charge >= 0.3 is 0 Å². The van der Waals surface area contributed by atoms with Crippen LogP contribution in [0.1, 0.15) is 37.0 Å². The van der Waals surface area contributed by atoms with Gasteiger partial charge in [-0.2, -0.15) is 0 Å². The zero-order valence-electron chi connectivity index (χ0n) is 15.7. The Morgan fingerprint density at radius 3 is 2.56 bits per heavy atom. The first-order chi connectivity index (χ1) is 13.0. The Kier molecular flexibility index (Phi) is 6.53. The van der Waals surface area contributed by atoms with Gasteiger partial charge in [-0.3, -0.25) is 9.69 Å². The van der Waals surface area contributed by atoms with Gasteiger partial charge in [-0.1, -0.05) is 61.0 Å². The number of nitrogens with zero attached hydrogens (tertiary/aromatic N) is 1. The van der Waals surface area contributed by atoms with Crippen LogP contribution in [0.15, 0.2) is 54.6 Å². The highest BCUT2D eigenvalue weighted by molar-refractivity contribution is 6.30. The van der Waals surface area contributed by atoms with E-state index in [0.29, 0.717) is 10.6 Å². The van der Waals surface area contributed by atoms with Crippen LogP contribution in [0.5, 0.6) is 0 Å². The first-order valence-electron chi connectivity index (χ1n) is 9.44. The predicted octanol–water partition coefficient (Wildman–Crippen LogP) is 3.79. The summed E-state index contributed by atoms with van der Waals surface area (Å²) in [7, 11) is 0. The van der Waals surface area contributed by atoms with E-state index in [1.807, 2.05) is 19.1 Å². The van der Waals surface area contributed by atoms with Gasteiger partial charge in [0.2, 0.25) is 5.91 Å². The molecule has 1 aliphatic rings. The van der Waals surface area contributed by atoms with E-state index >= 15 is 0 Å². The zero-order chi connectivity index (χ0) is 19.3. The molecule has 3 rings (SSSR count). The Bertz CT molecular complexity index is 758. The molecule has 2 aromatic rings. The molecule has 0 unspecified atom stereocenters. The lowest BCUT2D eigenvalue weighted by Crippen LogP contribution is -2.47. The number of aliphatic hydroxyl groups excluding tert-OH is 1. The van der Waals surface area contributed by atoms with Gasteiger partial charge < -0.3 is 10.4 Å². The number of amides is 1. The molecule has 2 N–H and O–H groups in total. The zero-order valence-corrected chi connectivity index (χ0v) is 16.5. The first kappa shape index (κ1) is 19.9. The van der Waals surface area contributed by atoms with Gasteiger partial charge in [0.25, 0.3) is 0 Å². The molecule has 1 atom stereocenters. The standard InChI is InChI=1S/C22H27ClN2O2/c1-22(10-12-25(13-11-22)16-17-6-3-2-4-7-17)21(27)24-15-20(26)18-8-5-9-19(23)14-18/h2-9,14,20,26H,10-13,15-16H2,1H3,(H,24,27)/t20-/m1/s1. The topological polar surface area (TPSA) is 52.6 Å². The van der Waals surface area contributed by atoms with Gasteiger partial charge in [-0.15, -0.1) is 0 Å². The molecule has 27 heavy (non-hydrogen) atoms. The molecule has 1 heterocycles. The van der Waals surface area contributed by atoms with Crippen LogP contribution in [0.25, 0.3) is 0 Å². The number of hydrogen-bond donors (Lipinski definition) is 2. The van der Waals surface area contributed by atoms with Crippen LogP contribution in [-0.4, -0.2) is 35.5 Å². The summed E-state index contributed by atoms with van der Waals surface area (Å²) < 4.78 is 0. The summed E-state index contributed by atoms with van der Waals surface area (Å²) in [6.07, 6.45) is 0.882. The predicted molar refractivity (Wildman–Crippen MR) is 108 cm³/mol. The summed E-state index contributed by atoms with van der Waals surface area (Å²) in [6, 6.07) is 17.5. The Morgan fingerprint density at radius 2 is 1.89 bits per heavy atom. The molecule has 1 amide bonds. The van der Waals surface area contributed by atoms with Crippen molar-refractivity contribution in [1.29, 1.82) is 0 Å². The maximum atomic E-state index is 12.7. The van der Waals surface area contributed by atoms with E-state index in [9.17, 15) is 9.90 Å². The molecule has 0 radical (unpaired) electrons. The average Bonchev–Trinajstić information content (AvgIpc) is 2.68. The molecule has 1 fully saturated rings. The maximum absolute atomic E-state index is 12.7. The number of nitrogens with one attached hydrogen (secondary N) is 1. The fourth-order valence-electron chi connectivity index (χ4n) is 3.51. The molecular weight excluding hydrogens is 360 g/mol. The largest absolute Gasteiger partial charge is 0.387 e. The highest BCUT2D eigenvalue weighted by Gasteiger charge is 2.36. The van der Waals surface area contributed by atoms with E-state index < -0.39 is 6.10 Å². The summed E-state index contributed by atoms with van der Waals surface area (Å²) in [5, 5.41) is 13.8. The van der Waals surface area contributed by atoms with E-state index in [-0.39, 0.29) is 17.9 Å². The van der Waals surface area contributed by atoms with Crippen LogP contribution in [-0.2, 0) is 11.3 Å². The second kappa shape index (κ2) is 8.87. The number of carbonyl (C=O) groups excluding carboxylic acids is 1. The summed E-state index contributed by atoms with van der Waals surface area (Å²) in [5.74, 6) is 0.0166. The third-order valence-corrected chi connectivity index (χ3v) is 5.68. The highest BCUT2D eigenvalue weighted by atomic mass is 35.5. The van der Waals surface area contributed by atoms with Crippen LogP contribution in [0.4, 0.5) is 0 Å². The Morgan fingerprint density at radius 1 is 1.19 bits per heavy atom. The average molecular weight is 387 g/mol. The number of likely N-dealkylation sites (tertiary alicyclic amines) is 1. The van der Waals surface area contributed by atoms with Gasteiger partial charge in [-0.05, 0) is 49.2 Å². The van der Waals surface area contributed by atoms with Gasteiger partial charge in [-0.25, -0.2) is 0 Å². The lowest BCUT2D eigenvalue weighted by atomic mass is 9.79.